The Kier molecular flexibility index (Phi) is 4.81. The van der Waals surface area contributed by atoms with Crippen LogP contribution in [-0.2, 0) is 0 Å². The van der Waals surface area contributed by atoms with E-state index in [-0.39, 0.29) is 5.69 Å². The van der Waals surface area contributed by atoms with Gasteiger partial charge in [0.05, 0.1) is 9.95 Å². The average molecular weight is 310 g/mol. The van der Waals surface area contributed by atoms with Gasteiger partial charge in [0.2, 0.25) is 0 Å². The number of nitrogens with zero attached hydrogens (tertiary/aromatic N) is 2. The van der Waals surface area contributed by atoms with Crippen LogP contribution in [0.2, 0.25) is 5.02 Å². The highest BCUT2D eigenvalue weighted by Gasteiger charge is 2.11. The third kappa shape index (κ3) is 3.85. The Morgan fingerprint density at radius 2 is 2.20 bits per heavy atom. The molecule has 0 radical (unpaired) electrons. The van der Waals surface area contributed by atoms with Crippen LogP contribution >= 0.6 is 23.4 Å². The first kappa shape index (κ1) is 14.6. The van der Waals surface area contributed by atoms with Crippen LogP contribution in [-0.4, -0.2) is 16.5 Å². The standard InChI is InChI=1S/C13H12ClN3O2S/c1-2-15-10-5-11(17(18)19)7-12(6-10)20-13-4-3-9(14)8-16-13/h3-8,15H,2H2,1H3. The molecule has 1 aromatic carbocycles. The second-order valence-corrected chi connectivity index (χ2v) is 5.45. The van der Waals surface area contributed by atoms with Crippen molar-refractivity contribution in [2.75, 3.05) is 11.9 Å². The highest BCUT2D eigenvalue weighted by molar-refractivity contribution is 7.99. The lowest BCUT2D eigenvalue weighted by Crippen LogP contribution is -1.98. The summed E-state index contributed by atoms with van der Waals surface area (Å²) in [5.74, 6) is 0. The first-order valence-electron chi connectivity index (χ1n) is 5.91. The normalized spacial score (nSPS) is 10.3. The number of hydrogen-bond donors (Lipinski definition) is 1. The van der Waals surface area contributed by atoms with E-state index < -0.39 is 4.92 Å². The van der Waals surface area contributed by atoms with E-state index in [1.807, 2.05) is 13.0 Å². The third-order valence-electron chi connectivity index (χ3n) is 2.41. The minimum Gasteiger partial charge on any atom is -0.385 e. The summed E-state index contributed by atoms with van der Waals surface area (Å²) in [6, 6.07) is 8.42. The van der Waals surface area contributed by atoms with Gasteiger partial charge >= 0.3 is 0 Å². The molecule has 0 aliphatic carbocycles. The Morgan fingerprint density at radius 3 is 2.80 bits per heavy atom. The molecule has 20 heavy (non-hydrogen) atoms. The number of halogens is 1. The van der Waals surface area contributed by atoms with Crippen molar-refractivity contribution in [2.24, 2.45) is 0 Å². The quantitative estimate of drug-likeness (QED) is 0.661. The molecule has 7 heteroatoms. The van der Waals surface area contributed by atoms with Crippen LogP contribution in [0.5, 0.6) is 0 Å². The maximum atomic E-state index is 10.9. The topological polar surface area (TPSA) is 68.1 Å². The van der Waals surface area contributed by atoms with E-state index in [1.54, 1.807) is 18.3 Å². The zero-order chi connectivity index (χ0) is 14.5. The molecule has 0 aliphatic heterocycles. The monoisotopic (exact) mass is 309 g/mol. The first-order chi connectivity index (χ1) is 9.58. The minimum absolute atomic E-state index is 0.0555. The number of nitro benzene ring substituents is 1. The number of aromatic nitrogens is 1. The summed E-state index contributed by atoms with van der Waals surface area (Å²) in [6.07, 6.45) is 1.55. The minimum atomic E-state index is -0.403. The molecule has 2 rings (SSSR count). The van der Waals surface area contributed by atoms with E-state index in [4.69, 9.17) is 11.6 Å². The summed E-state index contributed by atoms with van der Waals surface area (Å²) >= 11 is 7.13. The maximum absolute atomic E-state index is 10.9. The van der Waals surface area contributed by atoms with Gasteiger partial charge in [-0.25, -0.2) is 4.98 Å². The van der Waals surface area contributed by atoms with E-state index >= 15 is 0 Å². The van der Waals surface area contributed by atoms with Crippen LogP contribution in [0.15, 0.2) is 46.5 Å². The van der Waals surface area contributed by atoms with E-state index in [9.17, 15) is 10.1 Å². The maximum Gasteiger partial charge on any atom is 0.272 e. The van der Waals surface area contributed by atoms with Gasteiger partial charge in [0, 0.05) is 35.5 Å². The molecule has 1 heterocycles. The van der Waals surface area contributed by atoms with Crippen LogP contribution < -0.4 is 5.32 Å². The van der Waals surface area contributed by atoms with E-state index in [2.05, 4.69) is 10.3 Å². The number of hydrogen-bond acceptors (Lipinski definition) is 5. The first-order valence-corrected chi connectivity index (χ1v) is 7.10. The average Bonchev–Trinajstić information content (AvgIpc) is 2.41. The van der Waals surface area contributed by atoms with Gasteiger partial charge in [0.25, 0.3) is 5.69 Å². The molecule has 0 aliphatic rings. The van der Waals surface area contributed by atoms with Gasteiger partial charge in [-0.05, 0) is 25.1 Å². The molecule has 0 bridgehead atoms. The highest BCUT2D eigenvalue weighted by atomic mass is 35.5. The predicted molar refractivity (Wildman–Crippen MR) is 80.6 cm³/mol. The van der Waals surface area contributed by atoms with Crippen LogP contribution in [0, 0.1) is 10.1 Å². The van der Waals surface area contributed by atoms with Crippen molar-refractivity contribution in [2.45, 2.75) is 16.8 Å². The fraction of sp³-hybridized carbons (Fsp3) is 0.154. The molecule has 0 saturated carbocycles. The van der Waals surface area contributed by atoms with Crippen LogP contribution in [0.3, 0.4) is 0 Å². The largest absolute Gasteiger partial charge is 0.385 e. The van der Waals surface area contributed by atoms with Crippen molar-refractivity contribution in [1.82, 2.24) is 4.98 Å². The van der Waals surface area contributed by atoms with Gasteiger partial charge in [-0.3, -0.25) is 10.1 Å². The Hall–Kier alpha value is -1.79. The lowest BCUT2D eigenvalue weighted by molar-refractivity contribution is -0.385. The molecule has 0 saturated heterocycles. The lowest BCUT2D eigenvalue weighted by Gasteiger charge is -2.06. The van der Waals surface area contributed by atoms with Gasteiger partial charge in [-0.1, -0.05) is 23.4 Å². The van der Waals surface area contributed by atoms with Crippen molar-refractivity contribution < 1.29 is 4.92 Å². The Labute approximate surface area is 125 Å². The Balaban J connectivity index is 2.29. The fourth-order valence-electron chi connectivity index (χ4n) is 1.60. The SMILES string of the molecule is CCNc1cc(Sc2ccc(Cl)cn2)cc([N+](=O)[O-])c1. The summed E-state index contributed by atoms with van der Waals surface area (Å²) in [6.45, 7) is 2.64. The van der Waals surface area contributed by atoms with Gasteiger partial charge in [0.1, 0.15) is 5.03 Å². The zero-order valence-electron chi connectivity index (χ0n) is 10.7. The van der Waals surface area contributed by atoms with Gasteiger partial charge in [-0.2, -0.15) is 0 Å². The fourth-order valence-corrected chi connectivity index (χ4v) is 2.56. The van der Waals surface area contributed by atoms with Crippen molar-refractivity contribution in [3.63, 3.8) is 0 Å². The number of non-ortho nitro benzene ring substituents is 1. The molecule has 0 unspecified atom stereocenters. The van der Waals surface area contributed by atoms with Crippen LogP contribution in [0.1, 0.15) is 6.92 Å². The van der Waals surface area contributed by atoms with E-state index in [0.717, 1.165) is 15.6 Å². The zero-order valence-corrected chi connectivity index (χ0v) is 12.2. The van der Waals surface area contributed by atoms with Gasteiger partial charge in [0.15, 0.2) is 0 Å². The molecule has 104 valence electrons. The van der Waals surface area contributed by atoms with Gasteiger partial charge in [-0.15, -0.1) is 0 Å². The predicted octanol–water partition coefficient (Wildman–Crippen LogP) is 4.23. The summed E-state index contributed by atoms with van der Waals surface area (Å²) < 4.78 is 0. The van der Waals surface area contributed by atoms with Crippen molar-refractivity contribution >= 4 is 34.7 Å². The number of rotatable bonds is 5. The molecule has 0 fully saturated rings. The molecule has 1 aromatic heterocycles. The lowest BCUT2D eigenvalue weighted by atomic mass is 10.3. The number of nitro groups is 1. The van der Waals surface area contributed by atoms with Crippen molar-refractivity contribution in [3.05, 3.63) is 51.7 Å². The van der Waals surface area contributed by atoms with Crippen molar-refractivity contribution in [1.29, 1.82) is 0 Å². The molecule has 1 N–H and O–H groups in total. The summed E-state index contributed by atoms with van der Waals surface area (Å²) in [4.78, 5) is 15.5. The molecule has 0 atom stereocenters. The molecule has 0 spiro atoms. The highest BCUT2D eigenvalue weighted by Crippen LogP contribution is 2.32. The Bertz CT molecular complexity index is 620. The second-order valence-electron chi connectivity index (χ2n) is 3.92. The number of nitrogens with one attached hydrogen (secondary N) is 1. The van der Waals surface area contributed by atoms with Crippen LogP contribution in [0.4, 0.5) is 11.4 Å². The summed E-state index contributed by atoms with van der Waals surface area (Å²) in [7, 11) is 0. The molecule has 5 nitrogen and oxygen atoms in total. The summed E-state index contributed by atoms with van der Waals surface area (Å²) in [5.41, 5.74) is 0.776. The molecule has 2 aromatic rings. The van der Waals surface area contributed by atoms with E-state index in [0.29, 0.717) is 11.6 Å². The smallest absolute Gasteiger partial charge is 0.272 e. The number of anilines is 1. The van der Waals surface area contributed by atoms with Gasteiger partial charge < -0.3 is 5.32 Å². The molecular formula is C13H12ClN3O2S. The number of benzene rings is 1. The molecular weight excluding hydrogens is 298 g/mol. The second kappa shape index (κ2) is 6.58. The molecule has 0 amide bonds. The third-order valence-corrected chi connectivity index (χ3v) is 3.55. The van der Waals surface area contributed by atoms with Crippen LogP contribution in [0.25, 0.3) is 0 Å². The summed E-state index contributed by atoms with van der Waals surface area (Å²) in [5, 5.41) is 15.3. The van der Waals surface area contributed by atoms with E-state index in [1.165, 1.54) is 23.9 Å². The van der Waals surface area contributed by atoms with Crippen molar-refractivity contribution in [3.8, 4) is 0 Å². The number of pyridine rings is 1. The Morgan fingerprint density at radius 1 is 1.40 bits per heavy atom.